The monoisotopic (exact) mass is 317 g/mol. The summed E-state index contributed by atoms with van der Waals surface area (Å²) in [5.41, 5.74) is 9.81. The van der Waals surface area contributed by atoms with Crippen molar-refractivity contribution in [1.82, 2.24) is 0 Å². The van der Waals surface area contributed by atoms with E-state index in [0.29, 0.717) is 5.57 Å². The molecule has 3 nitrogen and oxygen atoms in total. The maximum absolute atomic E-state index is 11.4. The van der Waals surface area contributed by atoms with Crippen molar-refractivity contribution >= 4 is 17.2 Å². The number of rotatable bonds is 4. The Kier molecular flexibility index (Phi) is 13.4. The van der Waals surface area contributed by atoms with Crippen LogP contribution in [-0.2, 0) is 9.53 Å². The van der Waals surface area contributed by atoms with E-state index in [0.717, 1.165) is 22.4 Å². The van der Waals surface area contributed by atoms with Gasteiger partial charge in [0.05, 0.1) is 12.7 Å². The molecule has 1 rings (SSSR count). The first-order chi connectivity index (χ1) is 11.0. The fourth-order valence-corrected chi connectivity index (χ4v) is 1.56. The number of esters is 1. The molecule has 0 heterocycles. The molecule has 0 aliphatic heterocycles. The van der Waals surface area contributed by atoms with Gasteiger partial charge in [-0.1, -0.05) is 52.5 Å². The molecule has 1 aromatic rings. The lowest BCUT2D eigenvalue weighted by Gasteiger charge is -2.05. The Bertz CT molecular complexity index is 555. The average Bonchev–Trinajstić information content (AvgIpc) is 2.60. The summed E-state index contributed by atoms with van der Waals surface area (Å²) >= 11 is 0. The molecule has 2 N–H and O–H groups in total. The van der Waals surface area contributed by atoms with Gasteiger partial charge in [0, 0.05) is 5.69 Å². The number of hydrogen-bond acceptors (Lipinski definition) is 3. The van der Waals surface area contributed by atoms with Crippen LogP contribution < -0.4 is 5.73 Å². The van der Waals surface area contributed by atoms with Crippen molar-refractivity contribution in [1.29, 1.82) is 0 Å². The Morgan fingerprint density at radius 2 is 1.74 bits per heavy atom. The zero-order chi connectivity index (χ0) is 18.4. The van der Waals surface area contributed by atoms with Crippen LogP contribution in [0.25, 0.3) is 5.57 Å². The molecule has 0 saturated heterocycles. The molecule has 0 amide bonds. The summed E-state index contributed by atoms with van der Waals surface area (Å²) in [6.07, 6.45) is 5.18. The first-order valence-electron chi connectivity index (χ1n) is 7.97. The van der Waals surface area contributed by atoms with E-state index >= 15 is 0 Å². The molecule has 0 radical (unpaired) electrons. The third-order valence-corrected chi connectivity index (χ3v) is 2.84. The predicted octanol–water partition coefficient (Wildman–Crippen LogP) is 5.32. The highest BCUT2D eigenvalue weighted by molar-refractivity contribution is 5.92. The van der Waals surface area contributed by atoms with Crippen molar-refractivity contribution in [3.8, 4) is 0 Å². The smallest absolute Gasteiger partial charge is 0.337 e. The second-order valence-electron chi connectivity index (χ2n) is 4.17. The summed E-state index contributed by atoms with van der Waals surface area (Å²) in [6.45, 7) is 15.7. The fraction of sp³-hybridized carbons (Fsp3) is 0.350. The van der Waals surface area contributed by atoms with Gasteiger partial charge >= 0.3 is 5.97 Å². The molecule has 0 saturated carbocycles. The largest absolute Gasteiger partial charge is 0.465 e. The number of carbonyl (C=O) groups excluding carboxylic acids is 1. The number of carbonyl (C=O) groups is 1. The lowest BCUT2D eigenvalue weighted by atomic mass is 10.0. The van der Waals surface area contributed by atoms with Crippen molar-refractivity contribution in [3.05, 3.63) is 59.7 Å². The Labute approximate surface area is 141 Å². The quantitative estimate of drug-likeness (QED) is 0.354. The highest BCUT2D eigenvalue weighted by atomic mass is 16.5. The lowest BCUT2D eigenvalue weighted by molar-refractivity contribution is -0.135. The fourth-order valence-electron chi connectivity index (χ4n) is 1.56. The zero-order valence-electron chi connectivity index (χ0n) is 15.6. The van der Waals surface area contributed by atoms with E-state index in [1.165, 1.54) is 7.11 Å². The molecule has 0 bridgehead atoms. The van der Waals surface area contributed by atoms with Gasteiger partial charge in [0.15, 0.2) is 0 Å². The number of nitrogen functional groups attached to an aromatic ring is 1. The van der Waals surface area contributed by atoms with Gasteiger partial charge in [-0.3, -0.25) is 0 Å². The summed E-state index contributed by atoms with van der Waals surface area (Å²) in [6, 6.07) is 5.72. The number of anilines is 1. The maximum Gasteiger partial charge on any atom is 0.337 e. The molecule has 128 valence electrons. The van der Waals surface area contributed by atoms with E-state index in [-0.39, 0.29) is 5.97 Å². The van der Waals surface area contributed by atoms with Crippen LogP contribution in [0.2, 0.25) is 0 Å². The maximum atomic E-state index is 11.4. The van der Waals surface area contributed by atoms with E-state index < -0.39 is 0 Å². The number of nitrogens with two attached hydrogens (primary N) is 1. The van der Waals surface area contributed by atoms with Gasteiger partial charge in [-0.2, -0.15) is 0 Å². The van der Waals surface area contributed by atoms with Gasteiger partial charge in [0.1, 0.15) is 0 Å². The highest BCUT2D eigenvalue weighted by Gasteiger charge is 2.04. The number of ether oxygens (including phenoxy) is 1. The third-order valence-electron chi connectivity index (χ3n) is 2.84. The summed E-state index contributed by atoms with van der Waals surface area (Å²) in [4.78, 5) is 11.4. The first kappa shape index (κ1) is 23.0. The van der Waals surface area contributed by atoms with Crippen molar-refractivity contribution in [2.24, 2.45) is 0 Å². The minimum Gasteiger partial charge on any atom is -0.465 e. The zero-order valence-corrected chi connectivity index (χ0v) is 15.6. The van der Waals surface area contributed by atoms with Gasteiger partial charge in [-0.25, -0.2) is 4.79 Å². The summed E-state index contributed by atoms with van der Waals surface area (Å²) in [5, 5.41) is 0. The molecule has 1 aromatic carbocycles. The molecule has 0 aromatic heterocycles. The molecular weight excluding hydrogens is 286 g/mol. The van der Waals surface area contributed by atoms with Crippen molar-refractivity contribution in [3.63, 3.8) is 0 Å². The van der Waals surface area contributed by atoms with E-state index in [4.69, 9.17) is 5.73 Å². The number of hydrogen-bond donors (Lipinski definition) is 1. The van der Waals surface area contributed by atoms with Gasteiger partial charge < -0.3 is 10.5 Å². The Morgan fingerprint density at radius 1 is 1.17 bits per heavy atom. The van der Waals surface area contributed by atoms with E-state index in [1.54, 1.807) is 25.2 Å². The Hall–Kier alpha value is -2.29. The van der Waals surface area contributed by atoms with E-state index in [2.05, 4.69) is 11.3 Å². The molecule has 3 heteroatoms. The van der Waals surface area contributed by atoms with Crippen LogP contribution >= 0.6 is 0 Å². The first-order valence-corrected chi connectivity index (χ1v) is 7.97. The highest BCUT2D eigenvalue weighted by Crippen LogP contribution is 2.20. The molecular formula is C20H31NO2. The van der Waals surface area contributed by atoms with Gasteiger partial charge in [-0.05, 0) is 48.8 Å². The molecule has 0 fully saturated rings. The van der Waals surface area contributed by atoms with Crippen LogP contribution in [0.4, 0.5) is 5.69 Å². The topological polar surface area (TPSA) is 52.3 Å². The number of allylic oxidation sites excluding steroid dienone is 3. The standard InChI is InChI=1S/C16H19NO2.2C2H6/c1-5-13(16(18)19-4)7-6-11(2)14-8-9-15(17)12(3)10-14;2*1-2/h5-10H,2,17H2,1,3-4H3;2*1-2H3/b7-6-,13-5+;;. The minimum atomic E-state index is -0.361. The van der Waals surface area contributed by atoms with Gasteiger partial charge in [-0.15, -0.1) is 0 Å². The van der Waals surface area contributed by atoms with Gasteiger partial charge in [0.25, 0.3) is 0 Å². The predicted molar refractivity (Wildman–Crippen MR) is 102 cm³/mol. The Balaban J connectivity index is 0. The van der Waals surface area contributed by atoms with E-state index in [1.807, 2.05) is 52.8 Å². The number of methoxy groups -OCH3 is 1. The second kappa shape index (κ2) is 13.4. The van der Waals surface area contributed by atoms with Crippen molar-refractivity contribution < 1.29 is 9.53 Å². The Morgan fingerprint density at radius 3 is 2.17 bits per heavy atom. The van der Waals surface area contributed by atoms with Gasteiger partial charge in [0.2, 0.25) is 0 Å². The summed E-state index contributed by atoms with van der Waals surface area (Å²) in [7, 11) is 1.36. The normalized spacial score (nSPS) is 10.1. The van der Waals surface area contributed by atoms with Crippen LogP contribution in [0, 0.1) is 6.92 Å². The molecule has 0 aliphatic rings. The third kappa shape index (κ3) is 8.05. The lowest BCUT2D eigenvalue weighted by Crippen LogP contribution is -2.02. The molecule has 0 atom stereocenters. The van der Waals surface area contributed by atoms with Crippen molar-refractivity contribution in [2.75, 3.05) is 12.8 Å². The van der Waals surface area contributed by atoms with Crippen LogP contribution in [0.5, 0.6) is 0 Å². The summed E-state index contributed by atoms with van der Waals surface area (Å²) < 4.78 is 4.67. The van der Waals surface area contributed by atoms with E-state index in [9.17, 15) is 4.79 Å². The molecule has 0 unspecified atom stereocenters. The molecule has 0 spiro atoms. The van der Waals surface area contributed by atoms with Crippen LogP contribution in [0.3, 0.4) is 0 Å². The average molecular weight is 317 g/mol. The minimum absolute atomic E-state index is 0.361. The second-order valence-corrected chi connectivity index (χ2v) is 4.17. The number of aryl methyl sites for hydroxylation is 1. The SMILES string of the molecule is C=C(/C=C\C(=C/C)C(=O)OC)c1ccc(N)c(C)c1.CC.CC. The van der Waals surface area contributed by atoms with Crippen molar-refractivity contribution in [2.45, 2.75) is 41.5 Å². The van der Waals surface area contributed by atoms with Crippen LogP contribution in [0.1, 0.15) is 45.7 Å². The number of benzene rings is 1. The molecule has 23 heavy (non-hydrogen) atoms. The van der Waals surface area contributed by atoms with Crippen LogP contribution in [0.15, 0.2) is 48.6 Å². The van der Waals surface area contributed by atoms with Crippen LogP contribution in [-0.4, -0.2) is 13.1 Å². The molecule has 0 aliphatic carbocycles. The summed E-state index contributed by atoms with van der Waals surface area (Å²) in [5.74, 6) is -0.361.